The second-order valence-corrected chi connectivity index (χ2v) is 10.7. The molecule has 0 aromatic heterocycles. The average molecular weight is 674 g/mol. The lowest BCUT2D eigenvalue weighted by Crippen LogP contribution is -2.54. The number of aryl methyl sites for hydroxylation is 3. The Morgan fingerprint density at radius 3 is 2.50 bits per heavy atom. The summed E-state index contributed by atoms with van der Waals surface area (Å²) in [5.41, 5.74) is 3.73. The number of imide groups is 2. The summed E-state index contributed by atoms with van der Waals surface area (Å²) in [6.07, 6.45) is 1.36. The van der Waals surface area contributed by atoms with Gasteiger partial charge in [-0.05, 0) is 102 Å². The average Bonchev–Trinajstić information content (AvgIpc) is 2.89. The van der Waals surface area contributed by atoms with Crippen LogP contribution in [0.15, 0.2) is 54.1 Å². The summed E-state index contributed by atoms with van der Waals surface area (Å²) >= 11 is 8.10. The van der Waals surface area contributed by atoms with Crippen LogP contribution in [-0.4, -0.2) is 37.5 Å². The van der Waals surface area contributed by atoms with E-state index in [-0.39, 0.29) is 23.8 Å². The van der Waals surface area contributed by atoms with Gasteiger partial charge in [-0.25, -0.2) is 9.69 Å². The smallest absolute Gasteiger partial charge is 0.335 e. The van der Waals surface area contributed by atoms with Gasteiger partial charge in [0.15, 0.2) is 18.1 Å². The maximum Gasteiger partial charge on any atom is 0.335 e. The van der Waals surface area contributed by atoms with E-state index in [0.717, 1.165) is 16.0 Å². The Morgan fingerprint density at radius 1 is 1.05 bits per heavy atom. The zero-order chi connectivity index (χ0) is 29.1. The predicted molar refractivity (Wildman–Crippen MR) is 161 cm³/mol. The van der Waals surface area contributed by atoms with Gasteiger partial charge in [-0.15, -0.1) is 0 Å². The molecule has 9 nitrogen and oxygen atoms in total. The fourth-order valence-electron chi connectivity index (χ4n) is 4.02. The van der Waals surface area contributed by atoms with Crippen LogP contribution in [0.25, 0.3) is 6.08 Å². The number of amides is 5. The molecule has 0 unspecified atom stereocenters. The first-order valence-electron chi connectivity index (χ1n) is 12.0. The van der Waals surface area contributed by atoms with Crippen LogP contribution in [0.3, 0.4) is 0 Å². The highest BCUT2D eigenvalue weighted by atomic mass is 127. The van der Waals surface area contributed by atoms with Crippen molar-refractivity contribution >= 4 is 75.4 Å². The van der Waals surface area contributed by atoms with Gasteiger partial charge in [0.2, 0.25) is 0 Å². The molecule has 0 spiro atoms. The van der Waals surface area contributed by atoms with Crippen molar-refractivity contribution < 1.29 is 28.7 Å². The molecule has 0 aliphatic carbocycles. The minimum atomic E-state index is -0.868. The molecule has 1 fully saturated rings. The number of barbiturate groups is 1. The topological polar surface area (TPSA) is 114 Å². The van der Waals surface area contributed by atoms with Crippen LogP contribution < -0.4 is 25.0 Å². The van der Waals surface area contributed by atoms with E-state index in [1.54, 1.807) is 31.2 Å². The zero-order valence-electron chi connectivity index (χ0n) is 22.1. The van der Waals surface area contributed by atoms with Gasteiger partial charge < -0.3 is 14.8 Å². The van der Waals surface area contributed by atoms with Crippen molar-refractivity contribution in [3.05, 3.63) is 85.0 Å². The monoisotopic (exact) mass is 673 g/mol. The van der Waals surface area contributed by atoms with Crippen molar-refractivity contribution in [3.63, 3.8) is 0 Å². The van der Waals surface area contributed by atoms with Gasteiger partial charge in [0.1, 0.15) is 5.57 Å². The third-order valence-electron chi connectivity index (χ3n) is 6.09. The largest absolute Gasteiger partial charge is 0.493 e. The number of anilines is 2. The standard InChI is InChI=1S/C29H25ClIN3O6/c1-15-5-6-16(2)22(9-15)32-25(35)14-40-26-21(31)11-18(12-24(26)39-4)10-20-27(36)33-29(38)34(28(20)37)23-13-19(30)8-7-17(23)3/h5-13H,14H2,1-4H3,(H,32,35)(H,33,36,38)/b20-10+. The van der Waals surface area contributed by atoms with Crippen molar-refractivity contribution in [2.24, 2.45) is 0 Å². The van der Waals surface area contributed by atoms with E-state index in [1.807, 2.05) is 54.6 Å². The van der Waals surface area contributed by atoms with E-state index in [1.165, 1.54) is 19.3 Å². The van der Waals surface area contributed by atoms with Gasteiger partial charge in [0.05, 0.1) is 16.4 Å². The minimum absolute atomic E-state index is 0.251. The maximum atomic E-state index is 13.3. The van der Waals surface area contributed by atoms with Gasteiger partial charge in [0, 0.05) is 10.7 Å². The molecule has 40 heavy (non-hydrogen) atoms. The summed E-state index contributed by atoms with van der Waals surface area (Å²) in [5, 5.41) is 5.38. The molecule has 0 atom stereocenters. The predicted octanol–water partition coefficient (Wildman–Crippen LogP) is 5.56. The molecule has 1 saturated heterocycles. The van der Waals surface area contributed by atoms with Crippen LogP contribution in [0.5, 0.6) is 11.5 Å². The number of urea groups is 1. The van der Waals surface area contributed by atoms with Crippen molar-refractivity contribution in [1.82, 2.24) is 5.32 Å². The molecule has 1 heterocycles. The summed E-state index contributed by atoms with van der Waals surface area (Å²) in [5.74, 6) is -1.35. The minimum Gasteiger partial charge on any atom is -0.493 e. The number of nitrogens with one attached hydrogen (secondary N) is 2. The van der Waals surface area contributed by atoms with Crippen molar-refractivity contribution in [3.8, 4) is 11.5 Å². The number of nitrogens with zero attached hydrogens (tertiary/aromatic N) is 1. The van der Waals surface area contributed by atoms with Gasteiger partial charge in [-0.3, -0.25) is 19.7 Å². The zero-order valence-corrected chi connectivity index (χ0v) is 25.0. The molecule has 3 aromatic carbocycles. The number of carbonyl (C=O) groups excluding carboxylic acids is 4. The molecule has 3 aromatic rings. The summed E-state index contributed by atoms with van der Waals surface area (Å²) in [4.78, 5) is 52.0. The molecule has 11 heteroatoms. The van der Waals surface area contributed by atoms with Gasteiger partial charge in [-0.2, -0.15) is 0 Å². The number of halogens is 2. The quantitative estimate of drug-likeness (QED) is 0.193. The Balaban J connectivity index is 1.58. The maximum absolute atomic E-state index is 13.3. The number of benzene rings is 3. The van der Waals surface area contributed by atoms with E-state index in [0.29, 0.717) is 36.9 Å². The normalized spacial score (nSPS) is 14.3. The highest BCUT2D eigenvalue weighted by Crippen LogP contribution is 2.35. The highest BCUT2D eigenvalue weighted by Gasteiger charge is 2.37. The molecular formula is C29H25ClIN3O6. The number of hydrogen-bond acceptors (Lipinski definition) is 6. The Labute approximate surface area is 249 Å². The third kappa shape index (κ3) is 6.28. The van der Waals surface area contributed by atoms with Crippen LogP contribution >= 0.6 is 34.2 Å². The highest BCUT2D eigenvalue weighted by molar-refractivity contribution is 14.1. The first-order chi connectivity index (χ1) is 19.0. The van der Waals surface area contributed by atoms with Gasteiger partial charge in [-0.1, -0.05) is 29.8 Å². The van der Waals surface area contributed by atoms with E-state index < -0.39 is 17.8 Å². The lowest BCUT2D eigenvalue weighted by molar-refractivity contribution is -0.122. The molecule has 2 N–H and O–H groups in total. The van der Waals surface area contributed by atoms with Gasteiger partial charge >= 0.3 is 6.03 Å². The van der Waals surface area contributed by atoms with Crippen LogP contribution in [-0.2, 0) is 14.4 Å². The number of hydrogen-bond donors (Lipinski definition) is 2. The van der Waals surface area contributed by atoms with Crippen molar-refractivity contribution in [1.29, 1.82) is 0 Å². The lowest BCUT2D eigenvalue weighted by Gasteiger charge is -2.27. The van der Waals surface area contributed by atoms with Gasteiger partial charge in [0.25, 0.3) is 17.7 Å². The molecule has 0 saturated carbocycles. The summed E-state index contributed by atoms with van der Waals surface area (Å²) in [7, 11) is 1.44. The third-order valence-corrected chi connectivity index (χ3v) is 7.13. The number of methoxy groups -OCH3 is 1. The van der Waals surface area contributed by atoms with E-state index in [9.17, 15) is 19.2 Å². The Kier molecular flexibility index (Phi) is 8.79. The molecular weight excluding hydrogens is 649 g/mol. The summed E-state index contributed by atoms with van der Waals surface area (Å²) < 4.78 is 11.8. The van der Waals surface area contributed by atoms with E-state index in [2.05, 4.69) is 10.6 Å². The van der Waals surface area contributed by atoms with Crippen molar-refractivity contribution in [2.45, 2.75) is 20.8 Å². The first-order valence-corrected chi connectivity index (χ1v) is 13.5. The molecule has 4 rings (SSSR count). The number of ether oxygens (including phenoxy) is 2. The number of carbonyl (C=O) groups is 4. The van der Waals surface area contributed by atoms with E-state index >= 15 is 0 Å². The lowest BCUT2D eigenvalue weighted by atomic mass is 10.1. The van der Waals surface area contributed by atoms with Crippen LogP contribution in [0.1, 0.15) is 22.3 Å². The molecule has 1 aliphatic rings. The van der Waals surface area contributed by atoms with Crippen molar-refractivity contribution in [2.75, 3.05) is 23.9 Å². The van der Waals surface area contributed by atoms with Crippen LogP contribution in [0.4, 0.5) is 16.2 Å². The molecule has 0 radical (unpaired) electrons. The first kappa shape index (κ1) is 29.1. The fourth-order valence-corrected chi connectivity index (χ4v) is 4.97. The van der Waals surface area contributed by atoms with E-state index in [4.69, 9.17) is 21.1 Å². The molecule has 5 amide bonds. The fraction of sp³-hybridized carbons (Fsp3) is 0.172. The number of rotatable bonds is 7. The second kappa shape index (κ2) is 12.1. The molecule has 0 bridgehead atoms. The Bertz CT molecular complexity index is 1590. The van der Waals surface area contributed by atoms with Crippen LogP contribution in [0, 0.1) is 24.3 Å². The SMILES string of the molecule is COc1cc(/C=C2\C(=O)NC(=O)N(c3cc(Cl)ccc3C)C2=O)cc(I)c1OCC(=O)Nc1cc(C)ccc1C. The summed E-state index contributed by atoms with van der Waals surface area (Å²) in [6, 6.07) is 12.9. The Hall–Kier alpha value is -3.90. The second-order valence-electron chi connectivity index (χ2n) is 9.08. The Morgan fingerprint density at radius 2 is 1.77 bits per heavy atom. The molecule has 1 aliphatic heterocycles. The summed E-state index contributed by atoms with van der Waals surface area (Å²) in [6.45, 7) is 5.29. The van der Waals surface area contributed by atoms with Crippen LogP contribution in [0.2, 0.25) is 5.02 Å². The molecule has 206 valence electrons.